The van der Waals surface area contributed by atoms with Crippen LogP contribution in [0.1, 0.15) is 19.4 Å². The molecule has 0 atom stereocenters. The van der Waals surface area contributed by atoms with Gasteiger partial charge in [0.1, 0.15) is 6.54 Å². The van der Waals surface area contributed by atoms with Crippen LogP contribution in [0.2, 0.25) is 5.02 Å². The first-order valence-corrected chi connectivity index (χ1v) is 9.67. The van der Waals surface area contributed by atoms with Crippen molar-refractivity contribution in [2.75, 3.05) is 10.8 Å². The molecule has 5 nitrogen and oxygen atoms in total. The lowest BCUT2D eigenvalue weighted by molar-refractivity contribution is -0.120. The highest BCUT2D eigenvalue weighted by Crippen LogP contribution is 2.30. The van der Waals surface area contributed by atoms with Gasteiger partial charge in [-0.1, -0.05) is 35.9 Å². The van der Waals surface area contributed by atoms with Gasteiger partial charge in [-0.15, -0.1) is 0 Å². The van der Waals surface area contributed by atoms with Crippen molar-refractivity contribution in [1.29, 1.82) is 0 Å². The van der Waals surface area contributed by atoms with E-state index < -0.39 is 10.0 Å². The lowest BCUT2D eigenvalue weighted by Crippen LogP contribution is -2.43. The van der Waals surface area contributed by atoms with E-state index in [0.29, 0.717) is 16.3 Å². The Kier molecular flexibility index (Phi) is 6.08. The number of nitrogens with one attached hydrogen (secondary N) is 1. The number of anilines is 1. The summed E-state index contributed by atoms with van der Waals surface area (Å²) in [5.41, 5.74) is 0.983. The van der Waals surface area contributed by atoms with Crippen LogP contribution < -0.4 is 9.62 Å². The van der Waals surface area contributed by atoms with Crippen LogP contribution in [0.3, 0.4) is 0 Å². The molecule has 134 valence electrons. The standard InChI is InChI=1S/C18H21ClN2O3S/c1-13(2)20-18(22)12-21(17-11-7-10-16(19)14(17)3)25(23,24)15-8-5-4-6-9-15/h4-11,13H,12H2,1-3H3,(H,20,22). The van der Waals surface area contributed by atoms with Crippen LogP contribution in [0.25, 0.3) is 0 Å². The van der Waals surface area contributed by atoms with Crippen molar-refractivity contribution in [1.82, 2.24) is 5.32 Å². The molecule has 1 N–H and O–H groups in total. The first-order chi connectivity index (χ1) is 11.7. The Morgan fingerprint density at radius 1 is 1.12 bits per heavy atom. The average Bonchev–Trinajstić information content (AvgIpc) is 2.55. The number of hydrogen-bond donors (Lipinski definition) is 1. The zero-order valence-electron chi connectivity index (χ0n) is 14.4. The quantitative estimate of drug-likeness (QED) is 0.835. The molecule has 1 amide bonds. The Morgan fingerprint density at radius 3 is 2.36 bits per heavy atom. The van der Waals surface area contributed by atoms with Crippen molar-refractivity contribution in [2.45, 2.75) is 31.7 Å². The lowest BCUT2D eigenvalue weighted by Gasteiger charge is -2.26. The number of sulfonamides is 1. The van der Waals surface area contributed by atoms with Gasteiger partial charge in [0.15, 0.2) is 0 Å². The van der Waals surface area contributed by atoms with Crippen LogP contribution in [0.15, 0.2) is 53.4 Å². The highest BCUT2D eigenvalue weighted by molar-refractivity contribution is 7.92. The van der Waals surface area contributed by atoms with Crippen LogP contribution in [-0.4, -0.2) is 26.9 Å². The fraction of sp³-hybridized carbons (Fsp3) is 0.278. The van der Waals surface area contributed by atoms with E-state index in [4.69, 9.17) is 11.6 Å². The number of nitrogens with zero attached hydrogens (tertiary/aromatic N) is 1. The SMILES string of the molecule is Cc1c(Cl)cccc1N(CC(=O)NC(C)C)S(=O)(=O)c1ccccc1. The molecule has 2 rings (SSSR count). The summed E-state index contributed by atoms with van der Waals surface area (Å²) >= 11 is 6.15. The maximum absolute atomic E-state index is 13.1. The molecule has 0 spiro atoms. The average molecular weight is 381 g/mol. The molecule has 0 saturated heterocycles. The van der Waals surface area contributed by atoms with Gasteiger partial charge in [-0.05, 0) is 50.6 Å². The molecule has 0 radical (unpaired) electrons. The van der Waals surface area contributed by atoms with Gasteiger partial charge < -0.3 is 5.32 Å². The van der Waals surface area contributed by atoms with E-state index in [9.17, 15) is 13.2 Å². The van der Waals surface area contributed by atoms with Crippen molar-refractivity contribution < 1.29 is 13.2 Å². The van der Waals surface area contributed by atoms with Gasteiger partial charge in [-0.3, -0.25) is 9.10 Å². The third-order valence-electron chi connectivity index (χ3n) is 3.58. The molecule has 7 heteroatoms. The van der Waals surface area contributed by atoms with Crippen molar-refractivity contribution in [3.63, 3.8) is 0 Å². The molecular formula is C18H21ClN2O3S. The second-order valence-electron chi connectivity index (χ2n) is 5.93. The number of hydrogen-bond acceptors (Lipinski definition) is 3. The molecule has 0 heterocycles. The topological polar surface area (TPSA) is 66.5 Å². The Hall–Kier alpha value is -2.05. The van der Waals surface area contributed by atoms with E-state index >= 15 is 0 Å². The molecule has 25 heavy (non-hydrogen) atoms. The van der Waals surface area contributed by atoms with Crippen molar-refractivity contribution in [3.05, 3.63) is 59.1 Å². The summed E-state index contributed by atoms with van der Waals surface area (Å²) in [6.45, 7) is 5.04. The maximum Gasteiger partial charge on any atom is 0.264 e. The van der Waals surface area contributed by atoms with Gasteiger partial charge in [0, 0.05) is 11.1 Å². The molecule has 0 bridgehead atoms. The first-order valence-electron chi connectivity index (χ1n) is 7.85. The number of carbonyl (C=O) groups excluding carboxylic acids is 1. The normalized spacial score (nSPS) is 11.4. The summed E-state index contributed by atoms with van der Waals surface area (Å²) in [5, 5.41) is 3.16. The highest BCUT2D eigenvalue weighted by atomic mass is 35.5. The minimum absolute atomic E-state index is 0.0887. The fourth-order valence-electron chi connectivity index (χ4n) is 2.38. The third-order valence-corrected chi connectivity index (χ3v) is 5.76. The monoisotopic (exact) mass is 380 g/mol. The highest BCUT2D eigenvalue weighted by Gasteiger charge is 2.28. The van der Waals surface area contributed by atoms with Crippen molar-refractivity contribution in [2.24, 2.45) is 0 Å². The van der Waals surface area contributed by atoms with E-state index in [1.54, 1.807) is 43.3 Å². The smallest absolute Gasteiger partial charge is 0.264 e. The summed E-state index contributed by atoms with van der Waals surface area (Å²) in [5.74, 6) is -0.381. The Labute approximate surface area is 153 Å². The van der Waals surface area contributed by atoms with E-state index in [-0.39, 0.29) is 23.4 Å². The molecule has 0 aliphatic carbocycles. The molecule has 2 aromatic rings. The van der Waals surface area contributed by atoms with E-state index in [0.717, 1.165) is 4.31 Å². The minimum atomic E-state index is -3.91. The summed E-state index contributed by atoms with van der Waals surface area (Å²) in [4.78, 5) is 12.4. The van der Waals surface area contributed by atoms with Crippen LogP contribution >= 0.6 is 11.6 Å². The van der Waals surface area contributed by atoms with Crippen molar-refractivity contribution in [3.8, 4) is 0 Å². The van der Waals surface area contributed by atoms with Gasteiger partial charge >= 0.3 is 0 Å². The van der Waals surface area contributed by atoms with Gasteiger partial charge in [0.25, 0.3) is 10.0 Å². The van der Waals surface area contributed by atoms with Gasteiger partial charge in [-0.2, -0.15) is 0 Å². The maximum atomic E-state index is 13.1. The lowest BCUT2D eigenvalue weighted by atomic mass is 10.2. The van der Waals surface area contributed by atoms with Crippen LogP contribution in [0.4, 0.5) is 5.69 Å². The first kappa shape index (κ1) is 19.3. The van der Waals surface area contributed by atoms with Crippen LogP contribution in [0.5, 0.6) is 0 Å². The molecule has 2 aromatic carbocycles. The number of rotatable bonds is 6. The summed E-state index contributed by atoms with van der Waals surface area (Å²) in [7, 11) is -3.91. The number of carbonyl (C=O) groups is 1. The molecule has 0 aromatic heterocycles. The zero-order chi connectivity index (χ0) is 18.6. The summed E-state index contributed by atoms with van der Waals surface area (Å²) in [6.07, 6.45) is 0. The zero-order valence-corrected chi connectivity index (χ0v) is 15.9. The Morgan fingerprint density at radius 2 is 1.76 bits per heavy atom. The fourth-order valence-corrected chi connectivity index (χ4v) is 4.05. The number of amides is 1. The van der Waals surface area contributed by atoms with Gasteiger partial charge in [-0.25, -0.2) is 8.42 Å². The summed E-state index contributed by atoms with van der Waals surface area (Å²) in [6, 6.07) is 12.9. The van der Waals surface area contributed by atoms with Gasteiger partial charge in [0.2, 0.25) is 5.91 Å². The number of halogens is 1. The Bertz CT molecular complexity index is 852. The van der Waals surface area contributed by atoms with Gasteiger partial charge in [0.05, 0.1) is 10.6 Å². The van der Waals surface area contributed by atoms with E-state index in [2.05, 4.69) is 5.32 Å². The molecular weight excluding hydrogens is 360 g/mol. The molecule has 0 saturated carbocycles. The van der Waals surface area contributed by atoms with Crippen LogP contribution in [0, 0.1) is 6.92 Å². The predicted octanol–water partition coefficient (Wildman–Crippen LogP) is 3.37. The van der Waals surface area contributed by atoms with Crippen molar-refractivity contribution >= 4 is 33.2 Å². The molecule has 0 fully saturated rings. The second-order valence-corrected chi connectivity index (χ2v) is 8.20. The minimum Gasteiger partial charge on any atom is -0.352 e. The molecule has 0 aliphatic heterocycles. The number of benzene rings is 2. The second kappa shape index (κ2) is 7.89. The van der Waals surface area contributed by atoms with Crippen LogP contribution in [-0.2, 0) is 14.8 Å². The molecule has 0 aliphatic rings. The van der Waals surface area contributed by atoms with E-state index in [1.807, 2.05) is 13.8 Å². The molecule has 0 unspecified atom stereocenters. The largest absolute Gasteiger partial charge is 0.352 e. The summed E-state index contributed by atoms with van der Waals surface area (Å²) < 4.78 is 27.3. The van der Waals surface area contributed by atoms with E-state index in [1.165, 1.54) is 12.1 Å². The third kappa shape index (κ3) is 4.52. The Balaban J connectivity index is 2.53. The predicted molar refractivity (Wildman–Crippen MR) is 100 cm³/mol.